The molecule has 25 heavy (non-hydrogen) atoms. The average Bonchev–Trinajstić information content (AvgIpc) is 2.53. The summed E-state index contributed by atoms with van der Waals surface area (Å²) in [5.41, 5.74) is 7.14. The van der Waals surface area contributed by atoms with Gasteiger partial charge < -0.3 is 16.2 Å². The lowest BCUT2D eigenvalue weighted by Crippen LogP contribution is -2.33. The minimum atomic E-state index is -5.04. The predicted octanol–water partition coefficient (Wildman–Crippen LogP) is 2.48. The van der Waals surface area contributed by atoms with Crippen molar-refractivity contribution in [1.82, 2.24) is 0 Å². The summed E-state index contributed by atoms with van der Waals surface area (Å²) in [5.74, 6) is -3.12. The molecule has 0 saturated carbocycles. The van der Waals surface area contributed by atoms with Crippen LogP contribution in [-0.2, 0) is 9.53 Å². The Hall–Kier alpha value is -2.26. The van der Waals surface area contributed by atoms with Crippen LogP contribution in [-0.4, -0.2) is 37.4 Å². The molecule has 0 aliphatic heterocycles. The van der Waals surface area contributed by atoms with E-state index in [0.717, 1.165) is 7.05 Å². The summed E-state index contributed by atoms with van der Waals surface area (Å²) in [6.45, 7) is -0.898. The molecule has 0 radical (unpaired) electrons. The van der Waals surface area contributed by atoms with Crippen LogP contribution in [0.1, 0.15) is 10.4 Å². The second kappa shape index (κ2) is 8.21. The average molecular weight is 398 g/mol. The summed E-state index contributed by atoms with van der Waals surface area (Å²) in [5, 5.41) is 0.231. The summed E-state index contributed by atoms with van der Waals surface area (Å²) in [7, 11) is 1.06. The lowest BCUT2D eigenvalue weighted by atomic mass is 10.1. The molecular weight excluding hydrogens is 386 g/mol. The molecule has 6 nitrogen and oxygen atoms in total. The molecule has 0 fully saturated rings. The van der Waals surface area contributed by atoms with Gasteiger partial charge in [0, 0.05) is 17.6 Å². The number of alkyl halides is 3. The van der Waals surface area contributed by atoms with Gasteiger partial charge in [-0.3, -0.25) is 9.79 Å². The molecule has 0 aromatic heterocycles. The molecule has 0 amide bonds. The van der Waals surface area contributed by atoms with Crippen molar-refractivity contribution in [3.05, 3.63) is 45.1 Å². The Morgan fingerprint density at radius 1 is 1.24 bits per heavy atom. The van der Waals surface area contributed by atoms with Gasteiger partial charge in [-0.15, -0.1) is 0 Å². The number of amidine groups is 1. The van der Waals surface area contributed by atoms with Crippen molar-refractivity contribution in [2.24, 2.45) is 16.5 Å². The van der Waals surface area contributed by atoms with E-state index < -0.39 is 41.6 Å². The number of benzene rings is 1. The van der Waals surface area contributed by atoms with Gasteiger partial charge in [0.05, 0.1) is 5.02 Å². The lowest BCUT2D eigenvalue weighted by molar-refractivity contribution is -0.138. The molecule has 136 valence electrons. The molecule has 0 atom stereocenters. The van der Waals surface area contributed by atoms with Gasteiger partial charge in [0.15, 0.2) is 6.61 Å². The van der Waals surface area contributed by atoms with Gasteiger partial charge in [0.25, 0.3) is 0 Å². The quantitative estimate of drug-likeness (QED) is 0.261. The summed E-state index contributed by atoms with van der Waals surface area (Å²) < 4.78 is 42.7. The molecule has 0 bridgehead atoms. The molecule has 1 aromatic rings. The fourth-order valence-corrected chi connectivity index (χ4v) is 1.99. The van der Waals surface area contributed by atoms with Crippen LogP contribution < -0.4 is 11.5 Å². The highest BCUT2D eigenvalue weighted by atomic mass is 35.5. The van der Waals surface area contributed by atoms with E-state index in [9.17, 15) is 22.8 Å². The number of Topliss-reactive ketones (excluding diaryl/α,β-unsaturated/α-hetero) is 1. The zero-order chi connectivity index (χ0) is 19.4. The van der Waals surface area contributed by atoms with Crippen molar-refractivity contribution in [1.29, 1.82) is 0 Å². The summed E-state index contributed by atoms with van der Waals surface area (Å²) in [6, 6.07) is 3.99. The van der Waals surface area contributed by atoms with Gasteiger partial charge in [-0.2, -0.15) is 13.2 Å². The first-order chi connectivity index (χ1) is 11.5. The van der Waals surface area contributed by atoms with Crippen LogP contribution in [0.25, 0.3) is 0 Å². The van der Waals surface area contributed by atoms with E-state index in [1.54, 1.807) is 0 Å². The SMILES string of the molecule is CN=C(N)C(C(=O)OCC(=O)c1cc(Cl)ccc1Cl)=C(N)C(F)(F)F. The Bertz CT molecular complexity index is 761. The minimum absolute atomic E-state index is 0.0330. The highest BCUT2D eigenvalue weighted by Crippen LogP contribution is 2.25. The third kappa shape index (κ3) is 5.36. The van der Waals surface area contributed by atoms with Gasteiger partial charge in [0.2, 0.25) is 5.78 Å². The van der Waals surface area contributed by atoms with E-state index in [1.165, 1.54) is 18.2 Å². The summed E-state index contributed by atoms with van der Waals surface area (Å²) in [6.07, 6.45) is -5.04. The maximum atomic E-state index is 12.7. The number of ether oxygens (including phenoxy) is 1. The number of carbonyl (C=O) groups is 2. The van der Waals surface area contributed by atoms with E-state index in [1.807, 2.05) is 0 Å². The lowest BCUT2D eigenvalue weighted by Gasteiger charge is -2.13. The Balaban J connectivity index is 3.03. The molecule has 0 aliphatic carbocycles. The smallest absolute Gasteiger partial charge is 0.431 e. The summed E-state index contributed by atoms with van der Waals surface area (Å²) in [4.78, 5) is 27.2. The number of nitrogens with zero attached hydrogens (tertiary/aromatic N) is 1. The van der Waals surface area contributed by atoms with Crippen LogP contribution in [0.2, 0.25) is 10.0 Å². The number of rotatable bonds is 5. The number of ketones is 1. The zero-order valence-corrected chi connectivity index (χ0v) is 14.2. The van der Waals surface area contributed by atoms with Gasteiger partial charge >= 0.3 is 12.1 Å². The fourth-order valence-electron chi connectivity index (χ4n) is 1.60. The standard InChI is InChI=1S/C14H12Cl2F3N3O3/c1-22-12(21)10(11(20)14(17,18)19)13(24)25-5-9(23)7-4-6(15)2-3-8(7)16/h2-4H,5,20H2,1H3,(H2,21,22). The van der Waals surface area contributed by atoms with Gasteiger partial charge in [0.1, 0.15) is 17.1 Å². The maximum absolute atomic E-state index is 12.7. The van der Waals surface area contributed by atoms with Crippen molar-refractivity contribution < 1.29 is 27.5 Å². The van der Waals surface area contributed by atoms with Crippen molar-refractivity contribution in [2.75, 3.05) is 13.7 Å². The van der Waals surface area contributed by atoms with Crippen LogP contribution in [0, 0.1) is 0 Å². The summed E-state index contributed by atoms with van der Waals surface area (Å²) >= 11 is 11.5. The maximum Gasteiger partial charge on any atom is 0.431 e. The Morgan fingerprint density at radius 2 is 1.84 bits per heavy atom. The van der Waals surface area contributed by atoms with Gasteiger partial charge in [-0.25, -0.2) is 4.79 Å². The monoisotopic (exact) mass is 397 g/mol. The topological polar surface area (TPSA) is 108 Å². The molecule has 4 N–H and O–H groups in total. The normalized spacial score (nSPS) is 13.3. The van der Waals surface area contributed by atoms with E-state index in [0.29, 0.717) is 0 Å². The minimum Gasteiger partial charge on any atom is -0.454 e. The number of hydrogen-bond donors (Lipinski definition) is 2. The second-order valence-electron chi connectivity index (χ2n) is 4.52. The van der Waals surface area contributed by atoms with Crippen molar-refractivity contribution in [3.8, 4) is 0 Å². The van der Waals surface area contributed by atoms with E-state index in [4.69, 9.17) is 34.7 Å². The number of allylic oxidation sites excluding steroid dienone is 1. The van der Waals surface area contributed by atoms with Gasteiger partial charge in [-0.1, -0.05) is 23.2 Å². The van der Waals surface area contributed by atoms with Crippen molar-refractivity contribution >= 4 is 40.8 Å². The third-order valence-electron chi connectivity index (χ3n) is 2.84. The molecule has 1 aromatic carbocycles. The number of hydrogen-bond acceptors (Lipinski definition) is 5. The fraction of sp³-hybridized carbons (Fsp3) is 0.214. The molecule has 0 aliphatic rings. The first-order valence-electron chi connectivity index (χ1n) is 6.44. The van der Waals surface area contributed by atoms with Crippen LogP contribution in [0.15, 0.2) is 34.5 Å². The molecule has 0 saturated heterocycles. The Labute approximate surface area is 150 Å². The Morgan fingerprint density at radius 3 is 2.36 bits per heavy atom. The third-order valence-corrected chi connectivity index (χ3v) is 3.40. The second-order valence-corrected chi connectivity index (χ2v) is 5.36. The highest BCUT2D eigenvalue weighted by Gasteiger charge is 2.38. The first kappa shape index (κ1) is 20.8. The number of carbonyl (C=O) groups excluding carboxylic acids is 2. The van der Waals surface area contributed by atoms with Crippen LogP contribution >= 0.6 is 23.2 Å². The molecule has 0 unspecified atom stereocenters. The molecule has 0 spiro atoms. The number of nitrogens with two attached hydrogens (primary N) is 2. The predicted molar refractivity (Wildman–Crippen MR) is 86.6 cm³/mol. The van der Waals surface area contributed by atoms with Crippen LogP contribution in [0.3, 0.4) is 0 Å². The number of aliphatic imine (C=N–C) groups is 1. The van der Waals surface area contributed by atoms with Crippen molar-refractivity contribution in [2.45, 2.75) is 6.18 Å². The molecule has 0 heterocycles. The molecule has 11 heteroatoms. The van der Waals surface area contributed by atoms with E-state index in [2.05, 4.69) is 9.73 Å². The van der Waals surface area contributed by atoms with Crippen LogP contribution in [0.5, 0.6) is 0 Å². The first-order valence-corrected chi connectivity index (χ1v) is 7.19. The molecular formula is C14H12Cl2F3N3O3. The highest BCUT2D eigenvalue weighted by molar-refractivity contribution is 6.36. The zero-order valence-electron chi connectivity index (χ0n) is 12.7. The Kier molecular flexibility index (Phi) is 6.83. The van der Waals surface area contributed by atoms with Gasteiger partial charge in [-0.05, 0) is 18.2 Å². The number of halogens is 5. The van der Waals surface area contributed by atoms with E-state index in [-0.39, 0.29) is 15.6 Å². The largest absolute Gasteiger partial charge is 0.454 e. The van der Waals surface area contributed by atoms with Crippen LogP contribution in [0.4, 0.5) is 13.2 Å². The van der Waals surface area contributed by atoms with Crippen molar-refractivity contribution in [3.63, 3.8) is 0 Å². The van der Waals surface area contributed by atoms with E-state index >= 15 is 0 Å². The number of esters is 1. The molecule has 1 rings (SSSR count).